The molecule has 1 heterocycles. The predicted octanol–water partition coefficient (Wildman–Crippen LogP) is 4.16. The molecule has 0 fully saturated rings. The van der Waals surface area contributed by atoms with E-state index in [0.717, 1.165) is 23.4 Å². The summed E-state index contributed by atoms with van der Waals surface area (Å²) in [4.78, 5) is 0. The molecule has 2 aromatic rings. The van der Waals surface area contributed by atoms with E-state index < -0.39 is 0 Å². The average molecular weight is 312 g/mol. The van der Waals surface area contributed by atoms with Gasteiger partial charge in [0.1, 0.15) is 5.82 Å². The van der Waals surface area contributed by atoms with Gasteiger partial charge in [-0.2, -0.15) is 5.10 Å². The normalized spacial score (nSPS) is 12.8. The molecule has 0 amide bonds. The summed E-state index contributed by atoms with van der Waals surface area (Å²) in [5.41, 5.74) is 3.36. The number of hydrogen-bond acceptors (Lipinski definition) is 2. The lowest BCUT2D eigenvalue weighted by atomic mass is 9.82. The molecule has 3 nitrogen and oxygen atoms in total. The van der Waals surface area contributed by atoms with Gasteiger partial charge in [-0.15, -0.1) is 12.4 Å². The minimum atomic E-state index is -0.202. The topological polar surface area (TPSA) is 40.7 Å². The Morgan fingerprint density at radius 2 is 1.86 bits per heavy atom. The number of benzene rings is 1. The van der Waals surface area contributed by atoms with E-state index in [1.165, 1.54) is 12.1 Å². The van der Waals surface area contributed by atoms with Crippen LogP contribution in [0.5, 0.6) is 0 Å². The molecule has 1 unspecified atom stereocenters. The fraction of sp³-hybridized carbons (Fsp3) is 0.438. The van der Waals surface area contributed by atoms with Gasteiger partial charge in [0.15, 0.2) is 0 Å². The van der Waals surface area contributed by atoms with Gasteiger partial charge < -0.3 is 5.32 Å². The maximum atomic E-state index is 13.1. The number of halogens is 2. The first-order valence-corrected chi connectivity index (χ1v) is 6.85. The lowest BCUT2D eigenvalue weighted by Crippen LogP contribution is -2.32. The van der Waals surface area contributed by atoms with Crippen LogP contribution in [-0.2, 0) is 6.54 Å². The first-order chi connectivity index (χ1) is 9.38. The van der Waals surface area contributed by atoms with E-state index in [1.807, 2.05) is 25.3 Å². The minimum absolute atomic E-state index is 0. The largest absolute Gasteiger partial charge is 0.305 e. The molecular weight excluding hydrogens is 289 g/mol. The van der Waals surface area contributed by atoms with Crippen LogP contribution in [0.2, 0.25) is 0 Å². The second-order valence-corrected chi connectivity index (χ2v) is 6.25. The Balaban J connectivity index is 0.00000220. The maximum Gasteiger partial charge on any atom is 0.123 e. The summed E-state index contributed by atoms with van der Waals surface area (Å²) in [5.74, 6) is -0.202. The molecule has 0 bridgehead atoms. The molecular formula is C16H23ClFN3. The quantitative estimate of drug-likeness (QED) is 0.890. The van der Waals surface area contributed by atoms with Crippen molar-refractivity contribution >= 4 is 12.4 Å². The number of nitrogens with zero attached hydrogens (tertiary/aromatic N) is 1. The summed E-state index contributed by atoms with van der Waals surface area (Å²) in [6, 6.07) is 6.87. The van der Waals surface area contributed by atoms with Crippen LogP contribution in [-0.4, -0.2) is 10.2 Å². The highest BCUT2D eigenvalue weighted by Gasteiger charge is 2.26. The van der Waals surface area contributed by atoms with E-state index in [0.29, 0.717) is 0 Å². The third-order valence-electron chi connectivity index (χ3n) is 3.50. The van der Waals surface area contributed by atoms with E-state index in [9.17, 15) is 4.39 Å². The van der Waals surface area contributed by atoms with Gasteiger partial charge >= 0.3 is 0 Å². The molecule has 5 heteroatoms. The van der Waals surface area contributed by atoms with Crippen LogP contribution < -0.4 is 5.32 Å². The molecule has 1 aromatic heterocycles. The first-order valence-electron chi connectivity index (χ1n) is 6.85. The number of aryl methyl sites for hydroxylation is 1. The van der Waals surface area contributed by atoms with Crippen LogP contribution in [0.25, 0.3) is 0 Å². The highest BCUT2D eigenvalue weighted by atomic mass is 35.5. The van der Waals surface area contributed by atoms with Crippen LogP contribution in [0.15, 0.2) is 30.5 Å². The van der Waals surface area contributed by atoms with Gasteiger partial charge in [0, 0.05) is 23.8 Å². The van der Waals surface area contributed by atoms with Crippen molar-refractivity contribution in [3.63, 3.8) is 0 Å². The zero-order valence-corrected chi connectivity index (χ0v) is 13.7. The van der Waals surface area contributed by atoms with Crippen molar-refractivity contribution in [3.8, 4) is 0 Å². The molecule has 1 aromatic carbocycles. The van der Waals surface area contributed by atoms with Crippen molar-refractivity contribution in [2.75, 3.05) is 0 Å². The van der Waals surface area contributed by atoms with Gasteiger partial charge in [0.25, 0.3) is 0 Å². The summed E-state index contributed by atoms with van der Waals surface area (Å²) in [6.45, 7) is 9.28. The Labute approximate surface area is 131 Å². The Morgan fingerprint density at radius 1 is 1.24 bits per heavy atom. The van der Waals surface area contributed by atoms with E-state index in [1.54, 1.807) is 0 Å². The first kappa shape index (κ1) is 17.7. The van der Waals surface area contributed by atoms with Crippen LogP contribution in [0.4, 0.5) is 4.39 Å². The number of H-pyrrole nitrogens is 1. The van der Waals surface area contributed by atoms with Crippen molar-refractivity contribution in [1.29, 1.82) is 0 Å². The average Bonchev–Trinajstić information content (AvgIpc) is 2.76. The van der Waals surface area contributed by atoms with Gasteiger partial charge in [0.2, 0.25) is 0 Å². The Morgan fingerprint density at radius 3 is 2.33 bits per heavy atom. The summed E-state index contributed by atoms with van der Waals surface area (Å²) >= 11 is 0. The van der Waals surface area contributed by atoms with Crippen LogP contribution in [0.3, 0.4) is 0 Å². The van der Waals surface area contributed by atoms with Gasteiger partial charge in [-0.05, 0) is 30.0 Å². The van der Waals surface area contributed by atoms with Crippen LogP contribution in [0, 0.1) is 18.2 Å². The molecule has 0 saturated carbocycles. The fourth-order valence-electron chi connectivity index (χ4n) is 2.35. The van der Waals surface area contributed by atoms with Crippen molar-refractivity contribution in [2.24, 2.45) is 5.41 Å². The smallest absolute Gasteiger partial charge is 0.123 e. The lowest BCUT2D eigenvalue weighted by Gasteiger charge is -2.32. The second-order valence-electron chi connectivity index (χ2n) is 6.25. The molecule has 116 valence electrons. The highest BCUT2D eigenvalue weighted by molar-refractivity contribution is 5.85. The monoisotopic (exact) mass is 311 g/mol. The van der Waals surface area contributed by atoms with Crippen LogP contribution >= 0.6 is 12.4 Å². The SMILES string of the molecule is Cc1[nH]ncc1CNC(c1ccc(F)cc1)C(C)(C)C.Cl. The van der Waals surface area contributed by atoms with E-state index in [4.69, 9.17) is 0 Å². The van der Waals surface area contributed by atoms with Crippen molar-refractivity contribution in [1.82, 2.24) is 15.5 Å². The van der Waals surface area contributed by atoms with E-state index in [2.05, 4.69) is 36.3 Å². The number of aromatic amines is 1. The molecule has 0 saturated heterocycles. The van der Waals surface area contributed by atoms with Crippen LogP contribution in [0.1, 0.15) is 43.6 Å². The molecule has 1 atom stereocenters. The van der Waals surface area contributed by atoms with E-state index >= 15 is 0 Å². The number of nitrogens with one attached hydrogen (secondary N) is 2. The second kappa shape index (κ2) is 7.05. The zero-order valence-electron chi connectivity index (χ0n) is 12.9. The minimum Gasteiger partial charge on any atom is -0.305 e. The maximum absolute atomic E-state index is 13.1. The highest BCUT2D eigenvalue weighted by Crippen LogP contribution is 2.33. The Hall–Kier alpha value is -1.39. The third-order valence-corrected chi connectivity index (χ3v) is 3.50. The molecule has 0 aliphatic carbocycles. The molecule has 0 aliphatic heterocycles. The van der Waals surface area contributed by atoms with Gasteiger partial charge in [-0.3, -0.25) is 5.10 Å². The number of aromatic nitrogens is 2. The van der Waals surface area contributed by atoms with E-state index in [-0.39, 0.29) is 29.7 Å². The molecule has 2 rings (SSSR count). The Bertz CT molecular complexity index is 558. The molecule has 0 radical (unpaired) electrons. The molecule has 0 spiro atoms. The summed E-state index contributed by atoms with van der Waals surface area (Å²) in [5, 5.41) is 10.5. The lowest BCUT2D eigenvalue weighted by molar-refractivity contribution is 0.270. The number of rotatable bonds is 4. The Kier molecular flexibility index (Phi) is 5.93. The van der Waals surface area contributed by atoms with Gasteiger partial charge in [-0.25, -0.2) is 4.39 Å². The molecule has 2 N–H and O–H groups in total. The standard InChI is InChI=1S/C16H22FN3.ClH/c1-11-13(10-19-20-11)9-18-15(16(2,3)4)12-5-7-14(17)8-6-12;/h5-8,10,15,18H,9H2,1-4H3,(H,19,20);1H. The third kappa shape index (κ3) is 4.55. The molecule has 0 aliphatic rings. The predicted molar refractivity (Wildman–Crippen MR) is 86.0 cm³/mol. The summed E-state index contributed by atoms with van der Waals surface area (Å²) in [6.07, 6.45) is 1.84. The van der Waals surface area contributed by atoms with Crippen molar-refractivity contribution in [2.45, 2.75) is 40.3 Å². The molecule has 21 heavy (non-hydrogen) atoms. The number of hydrogen-bond donors (Lipinski definition) is 2. The summed E-state index contributed by atoms with van der Waals surface area (Å²) in [7, 11) is 0. The summed E-state index contributed by atoms with van der Waals surface area (Å²) < 4.78 is 13.1. The zero-order chi connectivity index (χ0) is 14.8. The van der Waals surface area contributed by atoms with Gasteiger partial charge in [-0.1, -0.05) is 32.9 Å². The van der Waals surface area contributed by atoms with Crippen molar-refractivity contribution < 1.29 is 4.39 Å². The fourth-order valence-corrected chi connectivity index (χ4v) is 2.35. The van der Waals surface area contributed by atoms with Crippen molar-refractivity contribution in [3.05, 3.63) is 53.1 Å². The van der Waals surface area contributed by atoms with Gasteiger partial charge in [0.05, 0.1) is 6.20 Å².